The van der Waals surface area contributed by atoms with Crippen LogP contribution in [0, 0.1) is 6.92 Å². The monoisotopic (exact) mass is 622 g/mol. The van der Waals surface area contributed by atoms with E-state index in [0.717, 1.165) is 79.4 Å². The standard InChI is InChI=1S/C32H42N6O5S/c1-23-6-11-31(40)29(35-23)22-38-30-19-24(21-34-28-20-26(44(2,41)42)9-8-25(28)5-3-16-39)7-10-27(30)36-32(38)33-12-4-13-37-14-17-43-18-15-37/h6-11,19-20,34,39-40H,3-5,12-18,21-22H2,1-2H3,(H,33,36). The maximum atomic E-state index is 12.2. The third kappa shape index (κ3) is 8.06. The van der Waals surface area contributed by atoms with E-state index in [9.17, 15) is 18.6 Å². The van der Waals surface area contributed by atoms with Crippen LogP contribution in [0.2, 0.25) is 0 Å². The number of hydrogen-bond acceptors (Lipinski definition) is 10. The summed E-state index contributed by atoms with van der Waals surface area (Å²) in [5, 5.41) is 26.9. The predicted molar refractivity (Wildman–Crippen MR) is 172 cm³/mol. The maximum Gasteiger partial charge on any atom is 0.204 e. The molecule has 0 saturated carbocycles. The number of morpholine rings is 1. The van der Waals surface area contributed by atoms with Gasteiger partial charge in [-0.05, 0) is 80.3 Å². The normalized spacial score (nSPS) is 14.2. The Morgan fingerprint density at radius 3 is 2.59 bits per heavy atom. The summed E-state index contributed by atoms with van der Waals surface area (Å²) in [6.07, 6.45) is 3.36. The zero-order valence-corrected chi connectivity index (χ0v) is 26.2. The van der Waals surface area contributed by atoms with Crippen molar-refractivity contribution in [3.8, 4) is 5.75 Å². The van der Waals surface area contributed by atoms with Crippen LogP contribution >= 0.6 is 0 Å². The Bertz CT molecular complexity index is 1680. The summed E-state index contributed by atoms with van der Waals surface area (Å²) in [5.41, 5.74) is 5.76. The molecule has 0 unspecified atom stereocenters. The first-order valence-electron chi connectivity index (χ1n) is 15.1. The minimum absolute atomic E-state index is 0.0584. The highest BCUT2D eigenvalue weighted by atomic mass is 32.2. The fourth-order valence-corrected chi connectivity index (χ4v) is 6.05. The third-order valence-corrected chi connectivity index (χ3v) is 8.95. The number of aromatic nitrogens is 3. The number of hydrogen-bond donors (Lipinski definition) is 4. The van der Waals surface area contributed by atoms with Gasteiger partial charge in [-0.2, -0.15) is 0 Å². The second kappa shape index (κ2) is 14.4. The molecule has 0 amide bonds. The van der Waals surface area contributed by atoms with Gasteiger partial charge in [0.05, 0.1) is 35.7 Å². The first kappa shape index (κ1) is 31.7. The molecule has 3 heterocycles. The first-order valence-corrected chi connectivity index (χ1v) is 17.0. The van der Waals surface area contributed by atoms with Crippen LogP contribution in [-0.2, 0) is 34.1 Å². The average molecular weight is 623 g/mol. The highest BCUT2D eigenvalue weighted by Gasteiger charge is 2.16. The SMILES string of the molecule is Cc1ccc(O)c(Cn2c(NCCCN3CCOCC3)nc3ccc(CNc4cc(S(C)(=O)=O)ccc4CCCO)cc32)n1. The molecule has 4 aromatic rings. The molecular formula is C32H42N6O5S. The molecule has 1 aliphatic heterocycles. The molecule has 0 bridgehead atoms. The number of nitrogens with one attached hydrogen (secondary N) is 2. The number of rotatable bonds is 14. The molecule has 1 aliphatic rings. The number of nitrogens with zero attached hydrogens (tertiary/aromatic N) is 4. The van der Waals surface area contributed by atoms with Gasteiger partial charge in [-0.3, -0.25) is 9.88 Å². The number of fused-ring (bicyclic) bond motifs is 1. The molecule has 11 nitrogen and oxygen atoms in total. The van der Waals surface area contributed by atoms with Gasteiger partial charge in [0.15, 0.2) is 9.84 Å². The number of aryl methyl sites for hydroxylation is 2. The molecule has 4 N–H and O–H groups in total. The molecule has 1 saturated heterocycles. The first-order chi connectivity index (χ1) is 21.2. The molecule has 1 fully saturated rings. The van der Waals surface area contributed by atoms with Crippen LogP contribution in [-0.4, -0.2) is 90.3 Å². The number of aromatic hydroxyl groups is 1. The predicted octanol–water partition coefficient (Wildman–Crippen LogP) is 3.57. The summed E-state index contributed by atoms with van der Waals surface area (Å²) in [7, 11) is -3.37. The van der Waals surface area contributed by atoms with Gasteiger partial charge < -0.3 is 30.2 Å². The van der Waals surface area contributed by atoms with Crippen LogP contribution in [0.3, 0.4) is 0 Å². The van der Waals surface area contributed by atoms with Gasteiger partial charge in [-0.1, -0.05) is 12.1 Å². The fourth-order valence-electron chi connectivity index (χ4n) is 5.41. The van der Waals surface area contributed by atoms with E-state index in [1.54, 1.807) is 24.3 Å². The van der Waals surface area contributed by atoms with Crippen LogP contribution in [0.15, 0.2) is 53.4 Å². The Balaban J connectivity index is 1.40. The Morgan fingerprint density at radius 1 is 1.00 bits per heavy atom. The summed E-state index contributed by atoms with van der Waals surface area (Å²) < 4.78 is 32.0. The lowest BCUT2D eigenvalue weighted by Gasteiger charge is -2.26. The van der Waals surface area contributed by atoms with E-state index in [0.29, 0.717) is 37.6 Å². The van der Waals surface area contributed by atoms with Gasteiger partial charge in [-0.15, -0.1) is 0 Å². The van der Waals surface area contributed by atoms with Crippen LogP contribution in [0.5, 0.6) is 5.75 Å². The van der Waals surface area contributed by atoms with E-state index < -0.39 is 9.84 Å². The number of aliphatic hydroxyl groups is 1. The molecule has 2 aromatic carbocycles. The lowest BCUT2D eigenvalue weighted by atomic mass is 10.1. The molecule has 5 rings (SSSR count). The van der Waals surface area contributed by atoms with Crippen LogP contribution in [0.1, 0.15) is 35.4 Å². The third-order valence-electron chi connectivity index (χ3n) is 7.84. The fraction of sp³-hybridized carbons (Fsp3) is 0.438. The van der Waals surface area contributed by atoms with Gasteiger partial charge in [0, 0.05) is 50.4 Å². The van der Waals surface area contributed by atoms with E-state index >= 15 is 0 Å². The minimum atomic E-state index is -3.37. The number of ether oxygens (including phenoxy) is 1. The quantitative estimate of drug-likeness (QED) is 0.154. The van der Waals surface area contributed by atoms with Crippen molar-refractivity contribution in [3.05, 3.63) is 71.0 Å². The summed E-state index contributed by atoms with van der Waals surface area (Å²) in [4.78, 5) is 12.1. The lowest BCUT2D eigenvalue weighted by Crippen LogP contribution is -2.37. The summed E-state index contributed by atoms with van der Waals surface area (Å²) >= 11 is 0. The van der Waals surface area contributed by atoms with Crippen molar-refractivity contribution in [2.75, 3.05) is 62.9 Å². The van der Waals surface area contributed by atoms with Gasteiger partial charge in [0.2, 0.25) is 5.95 Å². The molecule has 0 radical (unpaired) electrons. The van der Waals surface area contributed by atoms with Crippen molar-refractivity contribution in [1.29, 1.82) is 0 Å². The summed E-state index contributed by atoms with van der Waals surface area (Å²) in [5.74, 6) is 0.844. The molecule has 2 aromatic heterocycles. The van der Waals surface area contributed by atoms with Crippen molar-refractivity contribution in [3.63, 3.8) is 0 Å². The number of aliphatic hydroxyl groups excluding tert-OH is 1. The molecular weight excluding hydrogens is 580 g/mol. The largest absolute Gasteiger partial charge is 0.506 e. The number of sulfone groups is 1. The second-order valence-corrected chi connectivity index (χ2v) is 13.3. The Morgan fingerprint density at radius 2 is 1.82 bits per heavy atom. The van der Waals surface area contributed by atoms with Crippen molar-refractivity contribution < 1.29 is 23.4 Å². The zero-order valence-electron chi connectivity index (χ0n) is 25.4. The lowest BCUT2D eigenvalue weighted by molar-refractivity contribution is 0.0378. The van der Waals surface area contributed by atoms with Crippen LogP contribution in [0.25, 0.3) is 11.0 Å². The van der Waals surface area contributed by atoms with Crippen molar-refractivity contribution in [2.45, 2.75) is 44.2 Å². The zero-order chi connectivity index (χ0) is 31.1. The highest BCUT2D eigenvalue weighted by Crippen LogP contribution is 2.27. The van der Waals surface area contributed by atoms with Gasteiger partial charge in [-0.25, -0.2) is 13.4 Å². The van der Waals surface area contributed by atoms with E-state index in [1.807, 2.05) is 29.7 Å². The molecule has 0 spiro atoms. The minimum Gasteiger partial charge on any atom is -0.506 e. The van der Waals surface area contributed by atoms with Crippen LogP contribution in [0.4, 0.5) is 11.6 Å². The smallest absolute Gasteiger partial charge is 0.204 e. The van der Waals surface area contributed by atoms with Crippen molar-refractivity contribution >= 4 is 32.5 Å². The van der Waals surface area contributed by atoms with E-state index in [-0.39, 0.29) is 17.3 Å². The average Bonchev–Trinajstić information content (AvgIpc) is 3.35. The Labute approximate surface area is 258 Å². The topological polar surface area (TPSA) is 142 Å². The van der Waals surface area contributed by atoms with Crippen LogP contribution < -0.4 is 10.6 Å². The van der Waals surface area contributed by atoms with Gasteiger partial charge >= 0.3 is 0 Å². The van der Waals surface area contributed by atoms with E-state index in [1.165, 1.54) is 6.26 Å². The van der Waals surface area contributed by atoms with Crippen molar-refractivity contribution in [2.24, 2.45) is 0 Å². The summed E-state index contributed by atoms with van der Waals surface area (Å²) in [6, 6.07) is 14.6. The maximum absolute atomic E-state index is 12.2. The Hall–Kier alpha value is -3.71. The molecule has 236 valence electrons. The summed E-state index contributed by atoms with van der Waals surface area (Å²) in [6.45, 7) is 7.94. The molecule has 12 heteroatoms. The number of benzene rings is 2. The number of anilines is 2. The molecule has 44 heavy (non-hydrogen) atoms. The molecule has 0 atom stereocenters. The van der Waals surface area contributed by atoms with Crippen molar-refractivity contribution in [1.82, 2.24) is 19.4 Å². The molecule has 0 aliphatic carbocycles. The second-order valence-electron chi connectivity index (χ2n) is 11.3. The van der Waals surface area contributed by atoms with Gasteiger partial charge in [0.1, 0.15) is 11.4 Å². The number of imidazole rings is 1. The van der Waals surface area contributed by atoms with E-state index in [2.05, 4.69) is 26.6 Å². The van der Waals surface area contributed by atoms with Gasteiger partial charge in [0.25, 0.3) is 0 Å². The number of pyridine rings is 1. The van der Waals surface area contributed by atoms with E-state index in [4.69, 9.17) is 9.72 Å². The highest BCUT2D eigenvalue weighted by molar-refractivity contribution is 7.90. The Kier molecular flexibility index (Phi) is 10.4.